The van der Waals surface area contributed by atoms with Crippen LogP contribution >= 0.6 is 0 Å². The van der Waals surface area contributed by atoms with Crippen LogP contribution in [-0.2, 0) is 26.0 Å². The number of carbonyl (C=O) groups is 1. The van der Waals surface area contributed by atoms with Gasteiger partial charge in [0.15, 0.2) is 5.82 Å². The average molecular weight is 446 g/mol. The molecule has 0 fully saturated rings. The van der Waals surface area contributed by atoms with Crippen LogP contribution in [0.25, 0.3) is 5.78 Å². The van der Waals surface area contributed by atoms with Crippen LogP contribution in [0.4, 0.5) is 0 Å². The van der Waals surface area contributed by atoms with Crippen LogP contribution < -0.4 is 4.72 Å². The van der Waals surface area contributed by atoms with Crippen LogP contribution in [0.5, 0.6) is 0 Å². The predicted octanol–water partition coefficient (Wildman–Crippen LogP) is 2.22. The second-order valence-electron chi connectivity index (χ2n) is 7.71. The minimum Gasteiger partial charge on any atom is -0.464 e. The third-order valence-electron chi connectivity index (χ3n) is 4.71. The zero-order valence-electron chi connectivity index (χ0n) is 18.1. The number of hydrogen-bond acceptors (Lipinski definition) is 7. The van der Waals surface area contributed by atoms with E-state index in [-0.39, 0.29) is 17.4 Å². The van der Waals surface area contributed by atoms with Gasteiger partial charge in [-0.2, -0.15) is 9.71 Å². The number of aryl methyl sites for hydroxylation is 3. The lowest BCUT2D eigenvalue weighted by Crippen LogP contribution is -2.45. The molecule has 0 aliphatic heterocycles. The number of nitrogens with zero attached hydrogens (tertiary/aromatic N) is 4. The molecule has 10 heteroatoms. The number of sulfonamides is 1. The van der Waals surface area contributed by atoms with Gasteiger partial charge >= 0.3 is 5.97 Å². The lowest BCUT2D eigenvalue weighted by Gasteiger charge is -2.20. The van der Waals surface area contributed by atoms with Gasteiger partial charge in [0.1, 0.15) is 6.04 Å². The van der Waals surface area contributed by atoms with E-state index < -0.39 is 22.0 Å². The van der Waals surface area contributed by atoms with Crippen molar-refractivity contribution in [3.05, 3.63) is 53.6 Å². The predicted molar refractivity (Wildman–Crippen MR) is 115 cm³/mol. The fourth-order valence-electron chi connectivity index (χ4n) is 3.10. The third kappa shape index (κ3) is 5.65. The normalized spacial score (nSPS) is 12.9. The fourth-order valence-corrected chi connectivity index (χ4v) is 4.45. The van der Waals surface area contributed by atoms with E-state index >= 15 is 0 Å². The Morgan fingerprint density at radius 1 is 1.16 bits per heavy atom. The molecule has 0 aliphatic rings. The van der Waals surface area contributed by atoms with Crippen molar-refractivity contribution in [3.63, 3.8) is 0 Å². The molecule has 166 valence electrons. The maximum absolute atomic E-state index is 12.6. The maximum Gasteiger partial charge on any atom is 0.324 e. The number of rotatable bonds is 9. The third-order valence-corrected chi connectivity index (χ3v) is 6.16. The molecule has 0 radical (unpaired) electrons. The molecule has 1 atom stereocenters. The Morgan fingerprint density at radius 3 is 2.55 bits per heavy atom. The molecule has 31 heavy (non-hydrogen) atoms. The molecule has 1 N–H and O–H groups in total. The Balaban J connectivity index is 1.56. The number of fused-ring (bicyclic) bond motifs is 1. The molecule has 0 bridgehead atoms. The summed E-state index contributed by atoms with van der Waals surface area (Å²) in [6.45, 7) is 7.49. The molecule has 3 aromatic rings. The highest BCUT2D eigenvalue weighted by Gasteiger charge is 2.29. The van der Waals surface area contributed by atoms with Gasteiger partial charge in [-0.1, -0.05) is 32.0 Å². The molecular weight excluding hydrogens is 418 g/mol. The van der Waals surface area contributed by atoms with Crippen LogP contribution in [-0.4, -0.2) is 46.6 Å². The number of esters is 1. The lowest BCUT2D eigenvalue weighted by molar-refractivity contribution is -0.146. The molecule has 3 rings (SSSR count). The van der Waals surface area contributed by atoms with Crippen LogP contribution in [0, 0.1) is 19.8 Å². The fraction of sp³-hybridized carbons (Fsp3) is 0.429. The lowest BCUT2D eigenvalue weighted by atomic mass is 10.1. The Kier molecular flexibility index (Phi) is 7.01. The second-order valence-corrected chi connectivity index (χ2v) is 9.42. The molecule has 0 saturated heterocycles. The first-order valence-electron chi connectivity index (χ1n) is 10.1. The van der Waals surface area contributed by atoms with Crippen molar-refractivity contribution in [1.29, 1.82) is 0 Å². The molecule has 9 nitrogen and oxygen atoms in total. The Bertz CT molecular complexity index is 1160. The Morgan fingerprint density at radius 2 is 1.87 bits per heavy atom. The van der Waals surface area contributed by atoms with E-state index in [0.29, 0.717) is 24.4 Å². The minimum absolute atomic E-state index is 0.102. The van der Waals surface area contributed by atoms with Gasteiger partial charge in [-0.05, 0) is 44.4 Å². The number of ether oxygens (including phenoxy) is 1. The SMILES string of the molecule is Cc1cc(C)n2nc(CCCOC(=O)[C@@H](NS(=O)(=O)c3ccccc3)C(C)C)nc2n1. The highest BCUT2D eigenvalue weighted by atomic mass is 32.2. The molecule has 1 aromatic carbocycles. The van der Waals surface area contributed by atoms with Gasteiger partial charge in [0, 0.05) is 17.8 Å². The summed E-state index contributed by atoms with van der Waals surface area (Å²) in [6.07, 6.45) is 1.02. The van der Waals surface area contributed by atoms with E-state index in [2.05, 4.69) is 19.8 Å². The van der Waals surface area contributed by atoms with Gasteiger partial charge in [0.2, 0.25) is 10.0 Å². The Hall–Kier alpha value is -2.85. The highest BCUT2D eigenvalue weighted by Crippen LogP contribution is 2.13. The Labute approximate surface area is 181 Å². The topological polar surface area (TPSA) is 116 Å². The van der Waals surface area contributed by atoms with Gasteiger partial charge in [-0.3, -0.25) is 4.79 Å². The monoisotopic (exact) mass is 445 g/mol. The molecule has 2 heterocycles. The summed E-state index contributed by atoms with van der Waals surface area (Å²) < 4.78 is 34.6. The number of hydrogen-bond donors (Lipinski definition) is 1. The van der Waals surface area contributed by atoms with E-state index in [9.17, 15) is 13.2 Å². The molecule has 0 amide bonds. The number of aromatic nitrogens is 4. The zero-order valence-corrected chi connectivity index (χ0v) is 18.9. The van der Waals surface area contributed by atoms with Gasteiger partial charge in [0.25, 0.3) is 5.78 Å². The van der Waals surface area contributed by atoms with Crippen LogP contribution in [0.1, 0.15) is 37.5 Å². The number of benzene rings is 1. The van der Waals surface area contributed by atoms with Crippen LogP contribution in [0.2, 0.25) is 0 Å². The van der Waals surface area contributed by atoms with Crippen molar-refractivity contribution < 1.29 is 17.9 Å². The smallest absolute Gasteiger partial charge is 0.324 e. The standard InChI is InChI=1S/C21H27N5O4S/c1-14(2)19(25-31(28,29)17-9-6-5-7-10-17)20(27)30-12-8-11-18-23-21-22-15(3)13-16(4)26(21)24-18/h5-7,9-10,13-14,19,25H,8,11-12H2,1-4H3/t19-/m0/s1. The summed E-state index contributed by atoms with van der Waals surface area (Å²) in [5.74, 6) is 0.274. The first-order chi connectivity index (χ1) is 14.7. The summed E-state index contributed by atoms with van der Waals surface area (Å²) in [6, 6.07) is 8.88. The van der Waals surface area contributed by atoms with Crippen LogP contribution in [0.3, 0.4) is 0 Å². The minimum atomic E-state index is -3.83. The molecular formula is C21H27N5O4S. The van der Waals surface area contributed by atoms with Gasteiger partial charge < -0.3 is 4.74 Å². The summed E-state index contributed by atoms with van der Waals surface area (Å²) in [4.78, 5) is 21.4. The molecule has 0 unspecified atom stereocenters. The summed E-state index contributed by atoms with van der Waals surface area (Å²) >= 11 is 0. The summed E-state index contributed by atoms with van der Waals surface area (Å²) in [5, 5.41) is 4.43. The van der Waals surface area contributed by atoms with Crippen LogP contribution in [0.15, 0.2) is 41.3 Å². The van der Waals surface area contributed by atoms with Crippen molar-refractivity contribution in [2.24, 2.45) is 5.92 Å². The largest absolute Gasteiger partial charge is 0.464 e. The van der Waals surface area contributed by atoms with Gasteiger partial charge in [-0.15, -0.1) is 5.10 Å². The van der Waals surface area contributed by atoms with E-state index in [1.54, 1.807) is 36.6 Å². The van der Waals surface area contributed by atoms with Crippen molar-refractivity contribution in [1.82, 2.24) is 24.3 Å². The van der Waals surface area contributed by atoms with Crippen molar-refractivity contribution in [2.45, 2.75) is 51.5 Å². The van der Waals surface area contributed by atoms with E-state index in [0.717, 1.165) is 11.4 Å². The van der Waals surface area contributed by atoms with E-state index in [4.69, 9.17) is 4.74 Å². The van der Waals surface area contributed by atoms with Crippen molar-refractivity contribution >= 4 is 21.8 Å². The first kappa shape index (κ1) is 22.8. The van der Waals surface area contributed by atoms with Gasteiger partial charge in [-0.25, -0.2) is 17.9 Å². The zero-order chi connectivity index (χ0) is 22.6. The molecule has 0 saturated carbocycles. The number of nitrogens with one attached hydrogen (secondary N) is 1. The van der Waals surface area contributed by atoms with Gasteiger partial charge in [0.05, 0.1) is 11.5 Å². The maximum atomic E-state index is 12.6. The highest BCUT2D eigenvalue weighted by molar-refractivity contribution is 7.89. The van der Waals surface area contributed by atoms with E-state index in [1.165, 1.54) is 12.1 Å². The number of carbonyl (C=O) groups excluding carboxylic acids is 1. The average Bonchev–Trinajstić information content (AvgIpc) is 3.13. The molecule has 0 aliphatic carbocycles. The summed E-state index contributed by atoms with van der Waals surface area (Å²) in [7, 11) is -3.83. The summed E-state index contributed by atoms with van der Waals surface area (Å²) in [5.41, 5.74) is 1.81. The quantitative estimate of drug-likeness (QED) is 0.397. The first-order valence-corrected chi connectivity index (χ1v) is 11.6. The second kappa shape index (κ2) is 9.52. The van der Waals surface area contributed by atoms with Crippen molar-refractivity contribution in [2.75, 3.05) is 6.61 Å². The molecule has 0 spiro atoms. The molecule has 2 aromatic heterocycles. The van der Waals surface area contributed by atoms with E-state index in [1.807, 2.05) is 19.9 Å². The van der Waals surface area contributed by atoms with Crippen molar-refractivity contribution in [3.8, 4) is 0 Å².